The first kappa shape index (κ1) is 32.3. The third-order valence-corrected chi connectivity index (χ3v) is 11.1. The summed E-state index contributed by atoms with van der Waals surface area (Å²) in [4.78, 5) is 20.2. The van der Waals surface area contributed by atoms with Crippen molar-refractivity contribution in [2.75, 3.05) is 0 Å². The van der Waals surface area contributed by atoms with Crippen LogP contribution in [0.5, 0.6) is 0 Å². The van der Waals surface area contributed by atoms with Crippen LogP contribution in [-0.2, 0) is 0 Å². The van der Waals surface area contributed by atoms with Crippen LogP contribution in [0.3, 0.4) is 0 Å². The molecule has 0 aliphatic heterocycles. The van der Waals surface area contributed by atoms with Crippen LogP contribution in [0.1, 0.15) is 0 Å². The maximum Gasteiger partial charge on any atom is 0.227 e. The van der Waals surface area contributed by atoms with E-state index in [1.807, 2.05) is 91.0 Å². The molecule has 0 fully saturated rings. The van der Waals surface area contributed by atoms with Gasteiger partial charge < -0.3 is 8.83 Å². The van der Waals surface area contributed by atoms with Crippen molar-refractivity contribution < 1.29 is 8.83 Å². The third-order valence-electron chi connectivity index (χ3n) is 11.1. The normalized spacial score (nSPS) is 11.8. The molecule has 12 aromatic rings. The number of nitrogens with zero attached hydrogens (tertiary/aromatic N) is 4. The molecule has 3 aromatic heterocycles. The smallest absolute Gasteiger partial charge is 0.227 e. The standard InChI is InChI=1S/C52H30N4O2/c1-3-11-33(12-4-1)49-54-50(37-16-9-15-35(29-37)39-18-10-20-44-47(39)41-17-7-8-19-43(41)57-44)56-51(55-49)38-25-27-40-36(30-38)24-23-31-21-22-32-26-28-42-48(46(32)45(31)40)58-52(53-42)34-13-5-2-6-14-34/h1-30H. The van der Waals surface area contributed by atoms with E-state index in [0.29, 0.717) is 23.4 Å². The van der Waals surface area contributed by atoms with Gasteiger partial charge in [0.2, 0.25) is 5.89 Å². The lowest BCUT2D eigenvalue weighted by atomic mass is 9.95. The molecule has 0 radical (unpaired) electrons. The molecular formula is C52H30N4O2. The van der Waals surface area contributed by atoms with Gasteiger partial charge in [0.25, 0.3) is 0 Å². The van der Waals surface area contributed by atoms with Gasteiger partial charge in [-0.3, -0.25) is 0 Å². The van der Waals surface area contributed by atoms with Crippen molar-refractivity contribution in [3.05, 3.63) is 182 Å². The number of hydrogen-bond acceptors (Lipinski definition) is 6. The number of hydrogen-bond donors (Lipinski definition) is 0. The molecule has 0 bridgehead atoms. The van der Waals surface area contributed by atoms with Crippen LogP contribution in [0.2, 0.25) is 0 Å². The molecule has 3 heterocycles. The monoisotopic (exact) mass is 742 g/mol. The van der Waals surface area contributed by atoms with E-state index in [1.165, 1.54) is 0 Å². The minimum Gasteiger partial charge on any atom is -0.456 e. The summed E-state index contributed by atoms with van der Waals surface area (Å²) in [5.74, 6) is 2.42. The number of benzene rings is 9. The lowest BCUT2D eigenvalue weighted by Gasteiger charge is -2.12. The Morgan fingerprint density at radius 2 is 0.931 bits per heavy atom. The first-order valence-electron chi connectivity index (χ1n) is 19.3. The third kappa shape index (κ3) is 5.20. The number of para-hydroxylation sites is 1. The SMILES string of the molecule is c1ccc(-c2nc(-c3cccc(-c4cccc5oc6ccccc6c45)c3)nc(-c3ccc4c(ccc5ccc6ccc7nc(-c8ccccc8)oc7c6c54)c3)n2)cc1. The average molecular weight is 743 g/mol. The van der Waals surface area contributed by atoms with Gasteiger partial charge in [-0.15, -0.1) is 0 Å². The van der Waals surface area contributed by atoms with Crippen LogP contribution >= 0.6 is 0 Å². The van der Waals surface area contributed by atoms with Crippen LogP contribution in [-0.4, -0.2) is 19.9 Å². The Bertz CT molecular complexity index is 3570. The van der Waals surface area contributed by atoms with Crippen LogP contribution in [0.25, 0.3) is 122 Å². The summed E-state index contributed by atoms with van der Waals surface area (Å²) in [6, 6.07) is 62.3. The highest BCUT2D eigenvalue weighted by Crippen LogP contribution is 2.40. The molecule has 0 spiro atoms. The molecule has 0 saturated carbocycles. The van der Waals surface area contributed by atoms with E-state index < -0.39 is 0 Å². The van der Waals surface area contributed by atoms with Crippen molar-refractivity contribution in [3.8, 4) is 56.7 Å². The van der Waals surface area contributed by atoms with Crippen molar-refractivity contribution in [1.29, 1.82) is 0 Å². The first-order chi connectivity index (χ1) is 28.7. The average Bonchev–Trinajstić information content (AvgIpc) is 3.91. The van der Waals surface area contributed by atoms with Gasteiger partial charge >= 0.3 is 0 Å². The summed E-state index contributed by atoms with van der Waals surface area (Å²) in [5, 5.41) is 8.77. The van der Waals surface area contributed by atoms with Gasteiger partial charge in [0.05, 0.1) is 0 Å². The molecule has 6 heteroatoms. The van der Waals surface area contributed by atoms with E-state index in [4.69, 9.17) is 28.8 Å². The molecule has 12 rings (SSSR count). The predicted octanol–water partition coefficient (Wildman–Crippen LogP) is 13.7. The summed E-state index contributed by atoms with van der Waals surface area (Å²) in [6.07, 6.45) is 0. The zero-order valence-corrected chi connectivity index (χ0v) is 30.9. The van der Waals surface area contributed by atoms with Gasteiger partial charge in [0.1, 0.15) is 16.7 Å². The van der Waals surface area contributed by atoms with Crippen molar-refractivity contribution in [2.45, 2.75) is 0 Å². The lowest BCUT2D eigenvalue weighted by Crippen LogP contribution is -2.00. The fraction of sp³-hybridized carbons (Fsp3) is 0. The van der Waals surface area contributed by atoms with Gasteiger partial charge in [-0.2, -0.15) is 0 Å². The Balaban J connectivity index is 1.02. The minimum atomic E-state index is 0.599. The summed E-state index contributed by atoms with van der Waals surface area (Å²) in [7, 11) is 0. The van der Waals surface area contributed by atoms with Crippen LogP contribution in [0.4, 0.5) is 0 Å². The van der Waals surface area contributed by atoms with E-state index in [2.05, 4.69) is 91.0 Å². The second-order valence-corrected chi connectivity index (χ2v) is 14.6. The molecule has 0 aliphatic rings. The van der Waals surface area contributed by atoms with E-state index in [9.17, 15) is 0 Å². The molecule has 0 aliphatic carbocycles. The highest BCUT2D eigenvalue weighted by atomic mass is 16.3. The van der Waals surface area contributed by atoms with Gasteiger partial charge in [0, 0.05) is 43.8 Å². The Kier molecular flexibility index (Phi) is 7.13. The van der Waals surface area contributed by atoms with Gasteiger partial charge in [-0.1, -0.05) is 140 Å². The lowest BCUT2D eigenvalue weighted by molar-refractivity contribution is 0.623. The summed E-state index contributed by atoms with van der Waals surface area (Å²) in [6.45, 7) is 0. The molecular weight excluding hydrogens is 713 g/mol. The van der Waals surface area contributed by atoms with E-state index >= 15 is 0 Å². The number of aromatic nitrogens is 4. The first-order valence-corrected chi connectivity index (χ1v) is 19.3. The van der Waals surface area contributed by atoms with Crippen LogP contribution in [0, 0.1) is 0 Å². The number of fused-ring (bicyclic) bond motifs is 10. The maximum absolute atomic E-state index is 6.56. The Hall–Kier alpha value is -7.96. The van der Waals surface area contributed by atoms with Crippen molar-refractivity contribution >= 4 is 65.4 Å². The zero-order chi connectivity index (χ0) is 38.2. The largest absolute Gasteiger partial charge is 0.456 e. The number of rotatable bonds is 5. The van der Waals surface area contributed by atoms with Crippen LogP contribution < -0.4 is 0 Å². The van der Waals surface area contributed by atoms with Crippen molar-refractivity contribution in [3.63, 3.8) is 0 Å². The fourth-order valence-corrected chi connectivity index (χ4v) is 8.38. The predicted molar refractivity (Wildman–Crippen MR) is 234 cm³/mol. The highest BCUT2D eigenvalue weighted by molar-refractivity contribution is 6.26. The number of furan rings is 1. The molecule has 0 atom stereocenters. The molecule has 6 nitrogen and oxygen atoms in total. The summed E-state index contributed by atoms with van der Waals surface area (Å²) in [5.41, 5.74) is 9.15. The van der Waals surface area contributed by atoms with Gasteiger partial charge in [-0.05, 0) is 75.1 Å². The molecule has 0 unspecified atom stereocenters. The Morgan fingerprint density at radius 3 is 1.74 bits per heavy atom. The molecule has 58 heavy (non-hydrogen) atoms. The van der Waals surface area contributed by atoms with Crippen molar-refractivity contribution in [1.82, 2.24) is 19.9 Å². The van der Waals surface area contributed by atoms with E-state index in [-0.39, 0.29) is 0 Å². The van der Waals surface area contributed by atoms with E-state index in [1.54, 1.807) is 0 Å². The Labute approximate surface area is 331 Å². The molecule has 0 amide bonds. The molecule has 0 saturated heterocycles. The Morgan fingerprint density at radius 1 is 0.328 bits per heavy atom. The summed E-state index contributed by atoms with van der Waals surface area (Å²) < 4.78 is 12.8. The highest BCUT2D eigenvalue weighted by Gasteiger charge is 2.18. The van der Waals surface area contributed by atoms with Gasteiger partial charge in [-0.25, -0.2) is 19.9 Å². The maximum atomic E-state index is 6.56. The second kappa shape index (κ2) is 12.8. The topological polar surface area (TPSA) is 77.8 Å². The molecule has 270 valence electrons. The van der Waals surface area contributed by atoms with Crippen molar-refractivity contribution in [2.24, 2.45) is 0 Å². The minimum absolute atomic E-state index is 0.599. The van der Waals surface area contributed by atoms with Gasteiger partial charge in [0.15, 0.2) is 23.1 Å². The number of oxazole rings is 1. The molecule has 0 N–H and O–H groups in total. The summed E-state index contributed by atoms with van der Waals surface area (Å²) >= 11 is 0. The van der Waals surface area contributed by atoms with Crippen LogP contribution in [0.15, 0.2) is 191 Å². The second-order valence-electron chi connectivity index (χ2n) is 14.6. The quantitative estimate of drug-likeness (QED) is 0.163. The zero-order valence-electron chi connectivity index (χ0n) is 30.9. The van der Waals surface area contributed by atoms with E-state index in [0.717, 1.165) is 98.7 Å². The molecule has 9 aromatic carbocycles. The fourth-order valence-electron chi connectivity index (χ4n) is 8.38.